The second-order valence-electron chi connectivity index (χ2n) is 7.68. The van der Waals surface area contributed by atoms with Gasteiger partial charge < -0.3 is 9.73 Å². The highest BCUT2D eigenvalue weighted by Gasteiger charge is 2.31. The molecule has 1 fully saturated rings. The molecule has 0 radical (unpaired) electrons. The number of aryl methyl sites for hydroxylation is 1. The zero-order valence-electron chi connectivity index (χ0n) is 17.0. The zero-order valence-corrected chi connectivity index (χ0v) is 17.8. The lowest BCUT2D eigenvalue weighted by atomic mass is 9.96. The predicted molar refractivity (Wildman–Crippen MR) is 115 cm³/mol. The van der Waals surface area contributed by atoms with E-state index in [1.54, 1.807) is 18.3 Å². The van der Waals surface area contributed by atoms with E-state index in [0.29, 0.717) is 29.2 Å². The summed E-state index contributed by atoms with van der Waals surface area (Å²) >= 11 is 6.06. The molecular weight excluding hydrogens is 402 g/mol. The largest absolute Gasteiger partial charge is 0.419 e. The lowest BCUT2D eigenvalue weighted by molar-refractivity contribution is -0.121. The molecule has 1 saturated heterocycles. The zero-order chi connectivity index (χ0) is 21.1. The van der Waals surface area contributed by atoms with E-state index in [0.717, 1.165) is 30.5 Å². The van der Waals surface area contributed by atoms with Crippen LogP contribution in [-0.2, 0) is 4.79 Å². The molecule has 0 saturated carbocycles. The summed E-state index contributed by atoms with van der Waals surface area (Å²) in [6.45, 7) is 5.50. The highest BCUT2D eigenvalue weighted by Crippen LogP contribution is 2.29. The van der Waals surface area contributed by atoms with E-state index < -0.39 is 0 Å². The van der Waals surface area contributed by atoms with E-state index in [9.17, 15) is 4.79 Å². The monoisotopic (exact) mass is 425 g/mol. The van der Waals surface area contributed by atoms with Crippen LogP contribution >= 0.6 is 11.6 Å². The molecule has 1 aliphatic heterocycles. The van der Waals surface area contributed by atoms with Crippen molar-refractivity contribution in [3.8, 4) is 11.5 Å². The van der Waals surface area contributed by atoms with Gasteiger partial charge in [0.25, 0.3) is 0 Å². The number of halogens is 1. The number of carbonyl (C=O) groups is 1. The molecule has 1 N–H and O–H groups in total. The van der Waals surface area contributed by atoms with Crippen LogP contribution < -0.4 is 5.32 Å². The molecule has 30 heavy (non-hydrogen) atoms. The topological polar surface area (TPSA) is 84.2 Å². The Labute approximate surface area is 180 Å². The number of likely N-dealkylation sites (tertiary alicyclic amines) is 1. The van der Waals surface area contributed by atoms with Crippen LogP contribution in [0.15, 0.2) is 47.0 Å². The molecule has 2 atom stereocenters. The number of piperidine rings is 1. The Balaban J connectivity index is 1.41. The fraction of sp³-hybridized carbons (Fsp3) is 0.364. The van der Waals surface area contributed by atoms with Gasteiger partial charge in [0.05, 0.1) is 12.0 Å². The third-order valence-electron chi connectivity index (χ3n) is 5.40. The van der Waals surface area contributed by atoms with E-state index in [4.69, 9.17) is 16.0 Å². The predicted octanol–water partition coefficient (Wildman–Crippen LogP) is 4.51. The number of hydrogen-bond acceptors (Lipinski definition) is 6. The van der Waals surface area contributed by atoms with Crippen molar-refractivity contribution in [1.29, 1.82) is 0 Å². The van der Waals surface area contributed by atoms with E-state index in [2.05, 4.69) is 25.4 Å². The highest BCUT2D eigenvalue weighted by molar-refractivity contribution is 6.30. The van der Waals surface area contributed by atoms with Crippen molar-refractivity contribution in [3.05, 3.63) is 59.1 Å². The average Bonchev–Trinajstić information content (AvgIpc) is 3.25. The van der Waals surface area contributed by atoms with Gasteiger partial charge in [-0.15, -0.1) is 10.2 Å². The summed E-state index contributed by atoms with van der Waals surface area (Å²) in [6.07, 6.45) is 3.52. The highest BCUT2D eigenvalue weighted by atomic mass is 35.5. The summed E-state index contributed by atoms with van der Waals surface area (Å²) in [6, 6.07) is 11.0. The fourth-order valence-electron chi connectivity index (χ4n) is 3.64. The number of aromatic nitrogens is 3. The Hall–Kier alpha value is -2.77. The number of carbonyl (C=O) groups excluding carboxylic acids is 1. The quantitative estimate of drug-likeness (QED) is 0.647. The van der Waals surface area contributed by atoms with Crippen LogP contribution in [0.25, 0.3) is 11.5 Å². The Morgan fingerprint density at radius 2 is 2.17 bits per heavy atom. The van der Waals surface area contributed by atoms with Crippen LogP contribution in [0.2, 0.25) is 5.02 Å². The smallest absolute Gasteiger partial charge is 0.247 e. The number of nitrogens with zero attached hydrogens (tertiary/aromatic N) is 4. The van der Waals surface area contributed by atoms with Gasteiger partial charge in [-0.05, 0) is 63.1 Å². The Kier molecular flexibility index (Phi) is 6.11. The number of pyridine rings is 1. The number of rotatable bonds is 5. The maximum atomic E-state index is 12.7. The molecule has 1 aliphatic rings. The summed E-state index contributed by atoms with van der Waals surface area (Å²) in [5, 5.41) is 11.9. The van der Waals surface area contributed by atoms with Gasteiger partial charge in [0.2, 0.25) is 17.7 Å². The molecule has 0 unspecified atom stereocenters. The van der Waals surface area contributed by atoms with Crippen molar-refractivity contribution in [2.75, 3.05) is 18.4 Å². The molecule has 1 aromatic carbocycles. The lowest BCUT2D eigenvalue weighted by Gasteiger charge is -2.34. The van der Waals surface area contributed by atoms with Crippen LogP contribution in [0.3, 0.4) is 0 Å². The molecule has 1 amide bonds. The summed E-state index contributed by atoms with van der Waals surface area (Å²) < 4.78 is 5.91. The maximum Gasteiger partial charge on any atom is 0.247 e. The number of hydrogen-bond donors (Lipinski definition) is 1. The van der Waals surface area contributed by atoms with Crippen LogP contribution in [0, 0.1) is 12.8 Å². The molecule has 8 heteroatoms. The van der Waals surface area contributed by atoms with Gasteiger partial charge in [0, 0.05) is 23.3 Å². The van der Waals surface area contributed by atoms with Crippen molar-refractivity contribution in [2.45, 2.75) is 32.7 Å². The third-order valence-corrected chi connectivity index (χ3v) is 5.64. The van der Waals surface area contributed by atoms with E-state index in [1.807, 2.05) is 38.1 Å². The van der Waals surface area contributed by atoms with E-state index >= 15 is 0 Å². The molecule has 0 bridgehead atoms. The fourth-order valence-corrected chi connectivity index (χ4v) is 3.83. The number of amides is 1. The molecule has 0 spiro atoms. The Bertz CT molecular complexity index is 1020. The van der Waals surface area contributed by atoms with E-state index in [1.165, 1.54) is 0 Å². The van der Waals surface area contributed by atoms with Crippen molar-refractivity contribution in [3.63, 3.8) is 0 Å². The molecule has 7 nitrogen and oxygen atoms in total. The summed E-state index contributed by atoms with van der Waals surface area (Å²) in [7, 11) is 0. The molecule has 4 rings (SSSR count). The summed E-state index contributed by atoms with van der Waals surface area (Å²) in [4.78, 5) is 19.2. The molecule has 3 aromatic rings. The lowest BCUT2D eigenvalue weighted by Crippen LogP contribution is -2.42. The van der Waals surface area contributed by atoms with Gasteiger partial charge >= 0.3 is 0 Å². The van der Waals surface area contributed by atoms with Gasteiger partial charge in [0.1, 0.15) is 5.82 Å². The second-order valence-corrected chi connectivity index (χ2v) is 8.11. The first-order chi connectivity index (χ1) is 14.5. The van der Waals surface area contributed by atoms with Crippen LogP contribution in [0.5, 0.6) is 0 Å². The molecule has 3 heterocycles. The van der Waals surface area contributed by atoms with E-state index in [-0.39, 0.29) is 17.9 Å². The van der Waals surface area contributed by atoms with Crippen molar-refractivity contribution in [2.24, 2.45) is 5.92 Å². The van der Waals surface area contributed by atoms with Gasteiger partial charge in [-0.2, -0.15) is 0 Å². The van der Waals surface area contributed by atoms with Crippen molar-refractivity contribution >= 4 is 23.3 Å². The first kappa shape index (κ1) is 20.5. The van der Waals surface area contributed by atoms with Crippen LogP contribution in [0.1, 0.15) is 37.3 Å². The molecular formula is C22H24ClN5O2. The first-order valence-corrected chi connectivity index (χ1v) is 10.4. The maximum absolute atomic E-state index is 12.7. The van der Waals surface area contributed by atoms with Gasteiger partial charge in [-0.1, -0.05) is 23.7 Å². The SMILES string of the molecule is Cc1ccc(NC(=O)[C@@H]2CCCN([C@H](C)c3nnc(-c4cccc(Cl)c4)o3)C2)nc1. The Morgan fingerprint density at radius 1 is 1.30 bits per heavy atom. The average molecular weight is 426 g/mol. The number of anilines is 1. The Morgan fingerprint density at radius 3 is 2.93 bits per heavy atom. The number of nitrogens with one attached hydrogen (secondary N) is 1. The normalized spacial score (nSPS) is 18.2. The molecule has 156 valence electrons. The molecule has 0 aliphatic carbocycles. The second kappa shape index (κ2) is 8.93. The van der Waals surface area contributed by atoms with Crippen LogP contribution in [0.4, 0.5) is 5.82 Å². The third kappa shape index (κ3) is 4.68. The van der Waals surface area contributed by atoms with Gasteiger partial charge in [0.15, 0.2) is 0 Å². The van der Waals surface area contributed by atoms with Crippen LogP contribution in [-0.4, -0.2) is 39.1 Å². The summed E-state index contributed by atoms with van der Waals surface area (Å²) in [5.74, 6) is 1.44. The minimum Gasteiger partial charge on any atom is -0.419 e. The van der Waals surface area contributed by atoms with Crippen molar-refractivity contribution in [1.82, 2.24) is 20.1 Å². The molecule has 2 aromatic heterocycles. The number of benzene rings is 1. The van der Waals surface area contributed by atoms with Crippen molar-refractivity contribution < 1.29 is 9.21 Å². The minimum absolute atomic E-state index is 0.00611. The van der Waals surface area contributed by atoms with Gasteiger partial charge in [-0.25, -0.2) is 4.98 Å². The minimum atomic E-state index is -0.111. The van der Waals surface area contributed by atoms with Gasteiger partial charge in [-0.3, -0.25) is 9.69 Å². The summed E-state index contributed by atoms with van der Waals surface area (Å²) in [5.41, 5.74) is 1.84. The first-order valence-electron chi connectivity index (χ1n) is 10.1. The standard InChI is InChI=1S/C22H24ClN5O2/c1-14-8-9-19(24-12-14)25-20(29)17-6-4-10-28(13-17)15(2)21-26-27-22(30-21)16-5-3-7-18(23)11-16/h3,5,7-9,11-12,15,17H,4,6,10,13H2,1-2H3,(H,24,25,29)/t15-,17-/m1/s1.